The van der Waals surface area contributed by atoms with Gasteiger partial charge in [0.2, 0.25) is 5.91 Å². The Morgan fingerprint density at radius 3 is 2.27 bits per heavy atom. The zero-order valence-corrected chi connectivity index (χ0v) is 21.5. The molecule has 6 N–H and O–H groups in total. The number of aromatic carboxylic acids is 1. The Labute approximate surface area is 216 Å². The largest absolute Gasteiger partial charge is 0.508 e. The molecule has 0 aliphatic heterocycles. The van der Waals surface area contributed by atoms with E-state index in [0.29, 0.717) is 22.7 Å². The summed E-state index contributed by atoms with van der Waals surface area (Å²) in [5.41, 5.74) is 7.18. The van der Waals surface area contributed by atoms with Gasteiger partial charge in [-0.3, -0.25) is 4.79 Å². The lowest BCUT2D eigenvalue weighted by atomic mass is 9.94. The molecule has 9 nitrogen and oxygen atoms in total. The molecule has 0 atom stereocenters. The minimum Gasteiger partial charge on any atom is -0.508 e. The van der Waals surface area contributed by atoms with E-state index < -0.39 is 5.97 Å². The fourth-order valence-corrected chi connectivity index (χ4v) is 4.48. The van der Waals surface area contributed by atoms with Crippen LogP contribution in [0.15, 0.2) is 40.9 Å². The number of nitrogens with zero attached hydrogens (tertiary/aromatic N) is 1. The van der Waals surface area contributed by atoms with E-state index in [1.165, 1.54) is 45.1 Å². The Kier molecular flexibility index (Phi) is 9.30. The van der Waals surface area contributed by atoms with E-state index in [1.54, 1.807) is 6.07 Å². The third-order valence-electron chi connectivity index (χ3n) is 6.35. The lowest BCUT2D eigenvalue weighted by molar-refractivity contribution is -0.115. The molecule has 0 bridgehead atoms. The number of amides is 1. The van der Waals surface area contributed by atoms with Gasteiger partial charge in [0.15, 0.2) is 11.5 Å². The summed E-state index contributed by atoms with van der Waals surface area (Å²) in [6, 6.07) is 11.0. The van der Waals surface area contributed by atoms with Crippen LogP contribution in [0.2, 0.25) is 0 Å². The highest BCUT2D eigenvalue weighted by Crippen LogP contribution is 2.43. The number of nitrogens with two attached hydrogens (primary N) is 1. The number of phenolic OH excluding ortho intramolecular Hbond substituents is 2. The second-order valence-corrected chi connectivity index (χ2v) is 9.65. The molecule has 1 heterocycles. The van der Waals surface area contributed by atoms with E-state index in [4.69, 9.17) is 4.52 Å². The summed E-state index contributed by atoms with van der Waals surface area (Å²) in [5.74, 6) is -1.64. The van der Waals surface area contributed by atoms with Crippen molar-refractivity contribution in [2.75, 3.05) is 0 Å². The molecule has 1 amide bonds. The van der Waals surface area contributed by atoms with Crippen molar-refractivity contribution >= 4 is 11.9 Å². The quantitative estimate of drug-likeness (QED) is 0.292. The van der Waals surface area contributed by atoms with E-state index >= 15 is 0 Å². The van der Waals surface area contributed by atoms with Crippen LogP contribution in [0, 0.1) is 0 Å². The van der Waals surface area contributed by atoms with Gasteiger partial charge in [-0.15, -0.1) is 0 Å². The lowest BCUT2D eigenvalue weighted by Crippen LogP contribution is -2.30. The number of primary amides is 1. The van der Waals surface area contributed by atoms with Crippen LogP contribution in [-0.2, 0) is 11.3 Å². The molecule has 1 aliphatic carbocycles. The van der Waals surface area contributed by atoms with E-state index in [9.17, 15) is 24.9 Å². The number of carbonyl (C=O) groups excluding carboxylic acids is 1. The Morgan fingerprint density at radius 1 is 1.08 bits per heavy atom. The van der Waals surface area contributed by atoms with Crippen molar-refractivity contribution in [3.05, 3.63) is 53.2 Å². The average Bonchev–Trinajstić information content (AvgIpc) is 3.28. The van der Waals surface area contributed by atoms with E-state index in [1.807, 2.05) is 38.1 Å². The van der Waals surface area contributed by atoms with Crippen LogP contribution in [0.4, 0.5) is 0 Å². The maximum atomic E-state index is 11.9. The third-order valence-corrected chi connectivity index (χ3v) is 6.35. The second-order valence-electron chi connectivity index (χ2n) is 9.65. The highest BCUT2D eigenvalue weighted by Gasteiger charge is 2.27. The SMILES string of the molecule is CC(C)c1cc(-c2onc(C(=O)O)c2-c2ccc(CNC3CCCCC3)cc2)c(O)cc1O.CC(N)=O. The first-order chi connectivity index (χ1) is 17.6. The van der Waals surface area contributed by atoms with Gasteiger partial charge in [-0.25, -0.2) is 4.79 Å². The molecule has 1 fully saturated rings. The van der Waals surface area contributed by atoms with Crippen molar-refractivity contribution in [3.63, 3.8) is 0 Å². The molecule has 0 spiro atoms. The number of aromatic nitrogens is 1. The summed E-state index contributed by atoms with van der Waals surface area (Å²) >= 11 is 0. The van der Waals surface area contributed by atoms with Crippen molar-refractivity contribution in [1.29, 1.82) is 0 Å². The van der Waals surface area contributed by atoms with Crippen LogP contribution in [0.3, 0.4) is 0 Å². The van der Waals surface area contributed by atoms with Gasteiger partial charge in [0.05, 0.1) is 11.1 Å². The van der Waals surface area contributed by atoms with Crippen LogP contribution < -0.4 is 11.1 Å². The zero-order chi connectivity index (χ0) is 27.1. The summed E-state index contributed by atoms with van der Waals surface area (Å²) in [5, 5.41) is 37.8. The Hall–Kier alpha value is -3.85. The van der Waals surface area contributed by atoms with Gasteiger partial charge in [0.1, 0.15) is 11.5 Å². The van der Waals surface area contributed by atoms with Crippen molar-refractivity contribution in [2.24, 2.45) is 5.73 Å². The Morgan fingerprint density at radius 2 is 1.70 bits per heavy atom. The van der Waals surface area contributed by atoms with Crippen molar-refractivity contribution < 1.29 is 29.4 Å². The number of carbonyl (C=O) groups is 2. The summed E-state index contributed by atoms with van der Waals surface area (Å²) in [6.45, 7) is 5.89. The number of carboxylic acids is 1. The molecular formula is C28H35N3O6. The third kappa shape index (κ3) is 7.10. The van der Waals surface area contributed by atoms with Crippen molar-refractivity contribution in [1.82, 2.24) is 10.5 Å². The normalized spacial score (nSPS) is 13.7. The van der Waals surface area contributed by atoms with Crippen LogP contribution in [0.25, 0.3) is 22.5 Å². The molecule has 0 saturated heterocycles. The lowest BCUT2D eigenvalue weighted by Gasteiger charge is -2.22. The van der Waals surface area contributed by atoms with Crippen LogP contribution in [0.1, 0.15) is 80.4 Å². The van der Waals surface area contributed by atoms with E-state index in [-0.39, 0.29) is 40.3 Å². The molecule has 4 rings (SSSR count). The second kappa shape index (κ2) is 12.4. The predicted molar refractivity (Wildman–Crippen MR) is 140 cm³/mol. The molecule has 1 aromatic heterocycles. The van der Waals surface area contributed by atoms with Crippen molar-refractivity contribution in [2.45, 2.75) is 71.4 Å². The number of phenols is 2. The van der Waals surface area contributed by atoms with Crippen LogP contribution in [-0.4, -0.2) is 38.4 Å². The Bertz CT molecular complexity index is 1220. The van der Waals surface area contributed by atoms with Gasteiger partial charge < -0.3 is 30.9 Å². The molecule has 3 aromatic rings. The number of benzene rings is 2. The average molecular weight is 510 g/mol. The molecule has 9 heteroatoms. The Balaban J connectivity index is 0.000000886. The summed E-state index contributed by atoms with van der Waals surface area (Å²) in [4.78, 5) is 21.1. The topological polar surface area (TPSA) is 159 Å². The number of carboxylic acid groups (broad SMARTS) is 1. The standard InChI is InChI=1S/C26H30N2O5.C2H5NO/c1-15(2)19-12-20(22(30)13-21(19)29)25-23(24(26(31)32)28-33-25)17-10-8-16(9-11-17)14-27-18-6-4-3-5-7-18;1-2(3)4/h8-13,15,18,27,29-30H,3-7,14H2,1-2H3,(H,31,32);1H3,(H2,3,4). The molecule has 2 aromatic carbocycles. The first-order valence-electron chi connectivity index (χ1n) is 12.5. The van der Waals surface area contributed by atoms with Gasteiger partial charge in [-0.05, 0) is 41.5 Å². The molecule has 0 radical (unpaired) electrons. The van der Waals surface area contributed by atoms with Crippen LogP contribution in [0.5, 0.6) is 11.5 Å². The zero-order valence-electron chi connectivity index (χ0n) is 21.5. The molecule has 198 valence electrons. The number of hydrogen-bond acceptors (Lipinski definition) is 7. The van der Waals surface area contributed by atoms with Crippen molar-refractivity contribution in [3.8, 4) is 33.9 Å². The van der Waals surface area contributed by atoms with Gasteiger partial charge in [0.25, 0.3) is 0 Å². The van der Waals surface area contributed by atoms with Gasteiger partial charge in [-0.2, -0.15) is 0 Å². The number of aromatic hydroxyl groups is 2. The monoisotopic (exact) mass is 509 g/mol. The smallest absolute Gasteiger partial charge is 0.358 e. The summed E-state index contributed by atoms with van der Waals surface area (Å²) in [6.07, 6.45) is 6.27. The molecular weight excluding hydrogens is 474 g/mol. The maximum absolute atomic E-state index is 11.9. The van der Waals surface area contributed by atoms with Gasteiger partial charge in [0, 0.05) is 25.6 Å². The summed E-state index contributed by atoms with van der Waals surface area (Å²) < 4.78 is 5.43. The number of rotatable bonds is 7. The number of nitrogens with one attached hydrogen (secondary N) is 1. The maximum Gasteiger partial charge on any atom is 0.358 e. The minimum absolute atomic E-state index is 0.00869. The molecule has 37 heavy (non-hydrogen) atoms. The van der Waals surface area contributed by atoms with Gasteiger partial charge >= 0.3 is 5.97 Å². The molecule has 1 saturated carbocycles. The molecule has 1 aliphatic rings. The molecule has 0 unspecified atom stereocenters. The van der Waals surface area contributed by atoms with Crippen LogP contribution >= 0.6 is 0 Å². The fourth-order valence-electron chi connectivity index (χ4n) is 4.48. The first-order valence-corrected chi connectivity index (χ1v) is 12.5. The van der Waals surface area contributed by atoms with E-state index in [0.717, 1.165) is 12.1 Å². The van der Waals surface area contributed by atoms with Gasteiger partial charge in [-0.1, -0.05) is 62.5 Å². The van der Waals surface area contributed by atoms with E-state index in [2.05, 4.69) is 16.2 Å². The highest BCUT2D eigenvalue weighted by molar-refractivity contribution is 5.99. The minimum atomic E-state index is -1.22. The highest BCUT2D eigenvalue weighted by atomic mass is 16.5. The summed E-state index contributed by atoms with van der Waals surface area (Å²) in [7, 11) is 0. The number of hydrogen-bond donors (Lipinski definition) is 5. The first kappa shape index (κ1) is 27.7. The fraction of sp³-hybridized carbons (Fsp3) is 0.393. The predicted octanol–water partition coefficient (Wildman–Crippen LogP) is 5.16.